The molecule has 3 amide bonds. The lowest BCUT2D eigenvalue weighted by Gasteiger charge is -2.44. The predicted octanol–water partition coefficient (Wildman–Crippen LogP) is 4.24. The number of nitrogens with zero attached hydrogens (tertiary/aromatic N) is 2. The van der Waals surface area contributed by atoms with Gasteiger partial charge >= 0.3 is 6.03 Å². The highest BCUT2D eigenvalue weighted by Gasteiger charge is 2.35. The normalized spacial score (nSPS) is 21.7. The Labute approximate surface area is 190 Å². The fourth-order valence-electron chi connectivity index (χ4n) is 4.55. The molecule has 0 unspecified atom stereocenters. The van der Waals surface area contributed by atoms with Crippen molar-refractivity contribution in [2.24, 2.45) is 5.92 Å². The average Bonchev–Trinajstić information content (AvgIpc) is 3.23. The largest absolute Gasteiger partial charge is 0.347 e. The number of nitriles is 1. The maximum absolute atomic E-state index is 12.9. The Morgan fingerprint density at radius 3 is 2.53 bits per heavy atom. The van der Waals surface area contributed by atoms with Crippen LogP contribution in [0.25, 0.3) is 10.1 Å². The molecule has 2 aromatic carbocycles. The van der Waals surface area contributed by atoms with Crippen molar-refractivity contribution in [2.75, 3.05) is 30.3 Å². The van der Waals surface area contributed by atoms with E-state index < -0.39 is 6.03 Å². The number of thiophene rings is 1. The lowest BCUT2D eigenvalue weighted by Crippen LogP contribution is -2.57. The number of carbonyl (C=O) groups is 2. The van der Waals surface area contributed by atoms with Crippen LogP contribution in [0.5, 0.6) is 0 Å². The van der Waals surface area contributed by atoms with Gasteiger partial charge in [-0.2, -0.15) is 5.26 Å². The van der Waals surface area contributed by atoms with Gasteiger partial charge in [-0.25, -0.2) is 4.79 Å². The Morgan fingerprint density at radius 2 is 1.81 bits per heavy atom. The van der Waals surface area contributed by atoms with Crippen LogP contribution in [0.15, 0.2) is 48.5 Å². The molecule has 2 bridgehead atoms. The van der Waals surface area contributed by atoms with Crippen molar-refractivity contribution in [1.29, 1.82) is 5.26 Å². The van der Waals surface area contributed by atoms with Gasteiger partial charge in [0.05, 0.1) is 16.5 Å². The summed E-state index contributed by atoms with van der Waals surface area (Å²) in [7, 11) is 0. The quantitative estimate of drug-likeness (QED) is 0.560. The molecule has 8 heteroatoms. The summed E-state index contributed by atoms with van der Waals surface area (Å²) in [5.74, 6) is 0.566. The SMILES string of the molecule is N#Cc1cccc(NC(=O)Nc2ccc3cc(C(=O)N[C@H]4CN5CCC4CC5)sc3c2)c1. The first kappa shape index (κ1) is 20.5. The molecule has 1 atom stereocenters. The van der Waals surface area contributed by atoms with Crippen molar-refractivity contribution in [1.82, 2.24) is 10.2 Å². The second-order valence-corrected chi connectivity index (χ2v) is 9.44. The van der Waals surface area contributed by atoms with Gasteiger partial charge in [-0.05, 0) is 73.6 Å². The molecule has 3 aromatic rings. The molecule has 32 heavy (non-hydrogen) atoms. The number of benzene rings is 2. The summed E-state index contributed by atoms with van der Waals surface area (Å²) in [5.41, 5.74) is 1.66. The van der Waals surface area contributed by atoms with E-state index in [1.807, 2.05) is 30.3 Å². The van der Waals surface area contributed by atoms with Gasteiger partial charge in [0, 0.05) is 28.7 Å². The zero-order valence-electron chi connectivity index (χ0n) is 17.4. The van der Waals surface area contributed by atoms with Gasteiger partial charge in [0.15, 0.2) is 0 Å². The second-order valence-electron chi connectivity index (χ2n) is 8.35. The smallest absolute Gasteiger partial charge is 0.323 e. The number of urea groups is 1. The van der Waals surface area contributed by atoms with Gasteiger partial charge in [0.2, 0.25) is 0 Å². The molecular weight excluding hydrogens is 422 g/mol. The van der Waals surface area contributed by atoms with E-state index >= 15 is 0 Å². The number of anilines is 2. The predicted molar refractivity (Wildman–Crippen MR) is 126 cm³/mol. The second kappa shape index (κ2) is 8.61. The van der Waals surface area contributed by atoms with E-state index in [0.717, 1.165) is 42.6 Å². The standard InChI is InChI=1S/C24H23N5O2S/c25-13-15-2-1-3-18(10-15)26-24(31)27-19-5-4-17-11-22(32-21(17)12-19)23(30)28-20-14-29-8-6-16(20)7-9-29/h1-5,10-12,16,20H,6-9,14H2,(H,28,30)(H2,26,27,31)/t20-/m0/s1. The van der Waals surface area contributed by atoms with Crippen LogP contribution in [-0.4, -0.2) is 42.5 Å². The highest BCUT2D eigenvalue weighted by atomic mass is 32.1. The minimum atomic E-state index is -0.392. The summed E-state index contributed by atoms with van der Waals surface area (Å²) in [6.07, 6.45) is 2.32. The summed E-state index contributed by atoms with van der Waals surface area (Å²) in [6, 6.07) is 16.1. The van der Waals surface area contributed by atoms with Crippen molar-refractivity contribution in [3.63, 3.8) is 0 Å². The fourth-order valence-corrected chi connectivity index (χ4v) is 5.55. The van der Waals surface area contributed by atoms with E-state index in [4.69, 9.17) is 5.26 Å². The van der Waals surface area contributed by atoms with Gasteiger partial charge < -0.3 is 20.9 Å². The van der Waals surface area contributed by atoms with Crippen LogP contribution >= 0.6 is 11.3 Å². The number of rotatable bonds is 4. The molecular formula is C24H23N5O2S. The molecule has 3 fully saturated rings. The van der Waals surface area contributed by atoms with Crippen LogP contribution < -0.4 is 16.0 Å². The van der Waals surface area contributed by atoms with Crippen LogP contribution in [0.2, 0.25) is 0 Å². The van der Waals surface area contributed by atoms with E-state index in [-0.39, 0.29) is 11.9 Å². The summed E-state index contributed by atoms with van der Waals surface area (Å²) in [4.78, 5) is 28.3. The number of fused-ring (bicyclic) bond motifs is 4. The molecule has 0 radical (unpaired) electrons. The maximum Gasteiger partial charge on any atom is 0.323 e. The van der Waals surface area contributed by atoms with Crippen molar-refractivity contribution in [2.45, 2.75) is 18.9 Å². The molecule has 3 aliphatic heterocycles. The third-order valence-corrected chi connectivity index (χ3v) is 7.32. The first-order valence-electron chi connectivity index (χ1n) is 10.7. The zero-order valence-corrected chi connectivity index (χ0v) is 18.2. The molecule has 6 rings (SSSR count). The van der Waals surface area contributed by atoms with E-state index in [1.54, 1.807) is 24.3 Å². The fraction of sp³-hybridized carbons (Fsp3) is 0.292. The van der Waals surface area contributed by atoms with Gasteiger partial charge in [-0.1, -0.05) is 12.1 Å². The highest BCUT2D eigenvalue weighted by molar-refractivity contribution is 7.20. The lowest BCUT2D eigenvalue weighted by molar-refractivity contribution is 0.0622. The topological polar surface area (TPSA) is 97.3 Å². The monoisotopic (exact) mass is 445 g/mol. The molecule has 3 N–H and O–H groups in total. The molecule has 3 saturated heterocycles. The highest BCUT2D eigenvalue weighted by Crippen LogP contribution is 2.30. The van der Waals surface area contributed by atoms with E-state index in [2.05, 4.69) is 20.9 Å². The Hall–Kier alpha value is -3.41. The number of hydrogen-bond acceptors (Lipinski definition) is 5. The number of hydrogen-bond donors (Lipinski definition) is 3. The molecule has 162 valence electrons. The third-order valence-electron chi connectivity index (χ3n) is 6.22. The van der Waals surface area contributed by atoms with E-state index in [1.165, 1.54) is 11.3 Å². The zero-order chi connectivity index (χ0) is 22.1. The molecule has 7 nitrogen and oxygen atoms in total. The van der Waals surface area contributed by atoms with Crippen LogP contribution in [-0.2, 0) is 0 Å². The van der Waals surface area contributed by atoms with Gasteiger partial charge in [0.25, 0.3) is 5.91 Å². The summed E-state index contributed by atoms with van der Waals surface area (Å²) in [6.45, 7) is 3.24. The van der Waals surface area contributed by atoms with Crippen LogP contribution in [0, 0.1) is 17.2 Å². The molecule has 1 aromatic heterocycles. The van der Waals surface area contributed by atoms with Gasteiger partial charge in [0.1, 0.15) is 0 Å². The van der Waals surface area contributed by atoms with Crippen molar-refractivity contribution in [3.05, 3.63) is 59.0 Å². The minimum absolute atomic E-state index is 0.0189. The number of piperidine rings is 3. The molecule has 0 aliphatic carbocycles. The summed E-state index contributed by atoms with van der Waals surface area (Å²) < 4.78 is 0.938. The van der Waals surface area contributed by atoms with Crippen molar-refractivity contribution in [3.8, 4) is 6.07 Å². The Bertz CT molecular complexity index is 1220. The minimum Gasteiger partial charge on any atom is -0.347 e. The Morgan fingerprint density at radius 1 is 1.03 bits per heavy atom. The van der Waals surface area contributed by atoms with Crippen LogP contribution in [0.1, 0.15) is 28.1 Å². The van der Waals surface area contributed by atoms with Crippen LogP contribution in [0.3, 0.4) is 0 Å². The Balaban J connectivity index is 1.25. The van der Waals surface area contributed by atoms with Crippen molar-refractivity contribution >= 4 is 44.7 Å². The van der Waals surface area contributed by atoms with Crippen LogP contribution in [0.4, 0.5) is 16.2 Å². The molecule has 0 spiro atoms. The number of amides is 3. The third kappa shape index (κ3) is 4.31. The summed E-state index contributed by atoms with van der Waals surface area (Å²) >= 11 is 1.43. The van der Waals surface area contributed by atoms with E-state index in [9.17, 15) is 9.59 Å². The number of nitrogens with one attached hydrogen (secondary N) is 3. The van der Waals surface area contributed by atoms with Crippen molar-refractivity contribution < 1.29 is 9.59 Å². The van der Waals surface area contributed by atoms with E-state index in [0.29, 0.717) is 27.7 Å². The van der Waals surface area contributed by atoms with Gasteiger partial charge in [-0.3, -0.25) is 4.79 Å². The average molecular weight is 446 g/mol. The molecule has 3 aliphatic rings. The first-order valence-corrected chi connectivity index (χ1v) is 11.5. The number of carbonyl (C=O) groups excluding carboxylic acids is 2. The molecule has 4 heterocycles. The summed E-state index contributed by atoms with van der Waals surface area (Å²) in [5, 5.41) is 18.7. The Kier molecular flexibility index (Phi) is 5.52. The maximum atomic E-state index is 12.9. The first-order chi connectivity index (χ1) is 15.6. The molecule has 0 saturated carbocycles. The van der Waals surface area contributed by atoms with Gasteiger partial charge in [-0.15, -0.1) is 11.3 Å². The lowest BCUT2D eigenvalue weighted by atomic mass is 9.84.